The first-order valence-electron chi connectivity index (χ1n) is 12.6. The smallest absolute Gasteiger partial charge is 0.219 e. The zero-order chi connectivity index (χ0) is 28.8. The second kappa shape index (κ2) is 15.7. The minimum Gasteiger partial charge on any atom is -0.491 e. The van der Waals surface area contributed by atoms with Crippen LogP contribution in [0.25, 0.3) is 0 Å². The number of aliphatic hydroxyl groups excluding tert-OH is 2. The van der Waals surface area contributed by atoms with Crippen LogP contribution in [-0.4, -0.2) is 64.9 Å². The Labute approximate surface area is 228 Å². The van der Waals surface area contributed by atoms with Crippen LogP contribution in [0.1, 0.15) is 57.8 Å². The van der Waals surface area contributed by atoms with Crippen LogP contribution in [-0.2, 0) is 4.74 Å². The van der Waals surface area contributed by atoms with E-state index in [1.165, 1.54) is 14.0 Å². The fraction of sp³-hybridized carbons (Fsp3) is 0.323. The van der Waals surface area contributed by atoms with Gasteiger partial charge in [-0.2, -0.15) is 0 Å². The molecule has 0 heterocycles. The van der Waals surface area contributed by atoms with Gasteiger partial charge in [-0.3, -0.25) is 14.4 Å². The normalized spacial score (nSPS) is 13.7. The van der Waals surface area contributed by atoms with Crippen molar-refractivity contribution in [3.63, 3.8) is 0 Å². The molecular formula is C31H36O8. The maximum atomic E-state index is 12.8. The number of hydrogen-bond donors (Lipinski definition) is 3. The minimum absolute atomic E-state index is 0.0544. The Bertz CT molecular complexity index is 1170. The van der Waals surface area contributed by atoms with E-state index in [9.17, 15) is 19.5 Å². The Morgan fingerprint density at radius 3 is 1.79 bits per heavy atom. The third-order valence-corrected chi connectivity index (χ3v) is 6.04. The van der Waals surface area contributed by atoms with E-state index in [0.29, 0.717) is 28.9 Å². The van der Waals surface area contributed by atoms with Crippen molar-refractivity contribution in [3.8, 4) is 5.75 Å². The average molecular weight is 537 g/mol. The molecule has 0 aliphatic carbocycles. The lowest BCUT2D eigenvalue weighted by molar-refractivity contribution is -0.0483. The number of benzene rings is 3. The molecule has 0 spiro atoms. The highest BCUT2D eigenvalue weighted by Crippen LogP contribution is 2.27. The summed E-state index contributed by atoms with van der Waals surface area (Å²) in [6.07, 6.45) is -0.767. The van der Waals surface area contributed by atoms with Crippen LogP contribution in [0.2, 0.25) is 0 Å². The van der Waals surface area contributed by atoms with E-state index >= 15 is 0 Å². The van der Waals surface area contributed by atoms with Gasteiger partial charge in [0.05, 0.1) is 6.61 Å². The van der Waals surface area contributed by atoms with Gasteiger partial charge >= 0.3 is 0 Å². The van der Waals surface area contributed by atoms with Crippen LogP contribution in [0.5, 0.6) is 5.75 Å². The van der Waals surface area contributed by atoms with E-state index in [1.54, 1.807) is 78.9 Å². The first kappa shape index (κ1) is 31.5. The highest BCUT2D eigenvalue weighted by Gasteiger charge is 2.36. The molecule has 3 N–H and O–H groups in total. The van der Waals surface area contributed by atoms with Crippen LogP contribution in [0.15, 0.2) is 84.9 Å². The summed E-state index contributed by atoms with van der Waals surface area (Å²) in [6.45, 7) is 3.40. The van der Waals surface area contributed by atoms with Crippen molar-refractivity contribution in [2.75, 3.05) is 20.3 Å². The molecular weight excluding hydrogens is 500 g/mol. The van der Waals surface area contributed by atoms with Gasteiger partial charge in [0.25, 0.3) is 0 Å². The zero-order valence-electron chi connectivity index (χ0n) is 22.4. The summed E-state index contributed by atoms with van der Waals surface area (Å²) in [4.78, 5) is 36.7. The van der Waals surface area contributed by atoms with Gasteiger partial charge in [-0.05, 0) is 44.0 Å². The molecule has 8 heteroatoms. The number of aliphatic hydroxyl groups is 3. The molecule has 0 saturated carbocycles. The van der Waals surface area contributed by atoms with E-state index in [2.05, 4.69) is 4.74 Å². The van der Waals surface area contributed by atoms with Crippen LogP contribution < -0.4 is 4.74 Å². The first-order chi connectivity index (χ1) is 18.6. The summed E-state index contributed by atoms with van der Waals surface area (Å²) >= 11 is 0. The summed E-state index contributed by atoms with van der Waals surface area (Å²) in [5.74, 6) is -0.836. The van der Waals surface area contributed by atoms with Crippen molar-refractivity contribution in [3.05, 3.63) is 102 Å². The van der Waals surface area contributed by atoms with Gasteiger partial charge in [0.2, 0.25) is 12.1 Å². The monoisotopic (exact) mass is 536 g/mol. The fourth-order valence-electron chi connectivity index (χ4n) is 3.86. The molecule has 0 amide bonds. The topological polar surface area (TPSA) is 130 Å². The number of methoxy groups -OCH3 is 1. The number of carbonyl (C=O) groups is 3. The van der Waals surface area contributed by atoms with Crippen molar-refractivity contribution in [2.45, 2.75) is 38.6 Å². The Hall–Kier alpha value is -3.69. The molecule has 3 aromatic carbocycles. The van der Waals surface area contributed by atoms with Gasteiger partial charge in [-0.1, -0.05) is 67.6 Å². The standard InChI is InChI=1S/C22H26O5.C9H10O3/c1-3-16(20(24)17-7-5-4-6-8-17)15-22(2,26)21(25)18-9-11-19(12-10-18)27-14-13-23;1-12-9(11)8(10)7-5-3-2-4-6-7/h4-12,16,23,26H,3,13-15H2,1-2H3;2-6,9,11H,1H3. The predicted molar refractivity (Wildman–Crippen MR) is 147 cm³/mol. The molecule has 0 fully saturated rings. The fourth-order valence-corrected chi connectivity index (χ4v) is 3.86. The summed E-state index contributed by atoms with van der Waals surface area (Å²) < 4.78 is 9.74. The molecule has 0 saturated heterocycles. The molecule has 0 aliphatic rings. The molecule has 3 rings (SSSR count). The molecule has 0 bridgehead atoms. The first-order valence-corrected chi connectivity index (χ1v) is 12.6. The Balaban J connectivity index is 0.000000370. The van der Waals surface area contributed by atoms with Crippen molar-refractivity contribution < 1.29 is 39.2 Å². The average Bonchev–Trinajstić information content (AvgIpc) is 2.98. The molecule has 3 aromatic rings. The third-order valence-electron chi connectivity index (χ3n) is 6.04. The molecule has 3 unspecified atom stereocenters. The van der Waals surface area contributed by atoms with E-state index in [4.69, 9.17) is 14.9 Å². The number of Topliss-reactive ketones (excluding diaryl/α,β-unsaturated/α-hetero) is 3. The van der Waals surface area contributed by atoms with E-state index in [-0.39, 0.29) is 25.4 Å². The number of carbonyl (C=O) groups excluding carboxylic acids is 3. The van der Waals surface area contributed by atoms with Crippen molar-refractivity contribution in [2.24, 2.45) is 5.92 Å². The minimum atomic E-state index is -1.65. The Kier molecular flexibility index (Phi) is 12.7. The van der Waals surface area contributed by atoms with Crippen LogP contribution in [0.3, 0.4) is 0 Å². The van der Waals surface area contributed by atoms with E-state index < -0.39 is 29.4 Å². The van der Waals surface area contributed by atoms with Crippen LogP contribution in [0.4, 0.5) is 0 Å². The second-order valence-electron chi connectivity index (χ2n) is 9.06. The third kappa shape index (κ3) is 9.53. The van der Waals surface area contributed by atoms with Gasteiger partial charge in [0.15, 0.2) is 11.6 Å². The van der Waals surface area contributed by atoms with Crippen molar-refractivity contribution in [1.82, 2.24) is 0 Å². The lowest BCUT2D eigenvalue weighted by atomic mass is 9.81. The van der Waals surface area contributed by atoms with Gasteiger partial charge in [0.1, 0.15) is 18.0 Å². The maximum Gasteiger partial charge on any atom is 0.219 e. The predicted octanol–water partition coefficient (Wildman–Crippen LogP) is 4.12. The molecule has 208 valence electrons. The van der Waals surface area contributed by atoms with Gasteiger partial charge < -0.3 is 24.8 Å². The van der Waals surface area contributed by atoms with E-state index in [1.807, 2.05) is 13.0 Å². The number of rotatable bonds is 13. The van der Waals surface area contributed by atoms with E-state index in [0.717, 1.165) is 0 Å². The van der Waals surface area contributed by atoms with Gasteiger partial charge in [0, 0.05) is 29.7 Å². The molecule has 0 aliphatic heterocycles. The summed E-state index contributed by atoms with van der Waals surface area (Å²) in [7, 11) is 1.28. The molecule has 0 radical (unpaired) electrons. The van der Waals surface area contributed by atoms with Crippen LogP contribution >= 0.6 is 0 Å². The number of hydrogen-bond acceptors (Lipinski definition) is 8. The molecule has 3 atom stereocenters. The van der Waals surface area contributed by atoms with Gasteiger partial charge in [-0.25, -0.2) is 0 Å². The lowest BCUT2D eigenvalue weighted by Gasteiger charge is -2.26. The number of ether oxygens (including phenoxy) is 2. The Morgan fingerprint density at radius 1 is 0.821 bits per heavy atom. The summed E-state index contributed by atoms with van der Waals surface area (Å²) in [6, 6.07) is 23.8. The Morgan fingerprint density at radius 2 is 1.33 bits per heavy atom. The molecule has 0 aromatic heterocycles. The lowest BCUT2D eigenvalue weighted by Crippen LogP contribution is -2.39. The quantitative estimate of drug-likeness (QED) is 0.220. The van der Waals surface area contributed by atoms with Crippen molar-refractivity contribution in [1.29, 1.82) is 0 Å². The highest BCUT2D eigenvalue weighted by molar-refractivity contribution is 6.03. The molecule has 39 heavy (non-hydrogen) atoms. The maximum absolute atomic E-state index is 12.8. The summed E-state index contributed by atoms with van der Waals surface area (Å²) in [5.41, 5.74) is -0.276. The highest BCUT2D eigenvalue weighted by atomic mass is 16.6. The zero-order valence-corrected chi connectivity index (χ0v) is 22.4. The summed E-state index contributed by atoms with van der Waals surface area (Å²) in [5, 5.41) is 28.6. The van der Waals surface area contributed by atoms with Crippen LogP contribution in [0, 0.1) is 5.92 Å². The second-order valence-corrected chi connectivity index (χ2v) is 9.06. The number of ketones is 3. The SMILES string of the molecule is CCC(CC(C)(O)C(=O)c1ccc(OCCO)cc1)C(=O)c1ccccc1.COC(O)C(=O)c1ccccc1. The van der Waals surface area contributed by atoms with Crippen molar-refractivity contribution >= 4 is 17.3 Å². The van der Waals surface area contributed by atoms with Gasteiger partial charge in [-0.15, -0.1) is 0 Å². The molecule has 8 nitrogen and oxygen atoms in total. The largest absolute Gasteiger partial charge is 0.491 e.